The van der Waals surface area contributed by atoms with Gasteiger partial charge >= 0.3 is 0 Å². The molecule has 4 nitrogen and oxygen atoms in total. The van der Waals surface area contributed by atoms with Crippen LogP contribution in [0.25, 0.3) is 5.70 Å². The van der Waals surface area contributed by atoms with E-state index in [9.17, 15) is 0 Å². The molecule has 20 heavy (non-hydrogen) atoms. The first-order chi connectivity index (χ1) is 9.83. The predicted molar refractivity (Wildman–Crippen MR) is 83.0 cm³/mol. The molecule has 0 radical (unpaired) electrons. The molecule has 0 aromatic carbocycles. The summed E-state index contributed by atoms with van der Waals surface area (Å²) in [7, 11) is 0. The first-order valence-electron chi connectivity index (χ1n) is 6.11. The Morgan fingerprint density at radius 1 is 1.45 bits per heavy atom. The van der Waals surface area contributed by atoms with E-state index in [1.54, 1.807) is 23.7 Å². The average molecular weight is 285 g/mol. The highest BCUT2D eigenvalue weighted by Gasteiger charge is 2.02. The molecule has 0 unspecified atom stereocenters. The largest absolute Gasteiger partial charge is 0.470 e. The number of ether oxygens (including phenoxy) is 1. The molecule has 5 heteroatoms. The lowest BCUT2D eigenvalue weighted by atomic mass is 10.2. The van der Waals surface area contributed by atoms with Crippen LogP contribution in [0.4, 0.5) is 0 Å². The van der Waals surface area contributed by atoms with Gasteiger partial charge in [-0.25, -0.2) is 9.97 Å². The Morgan fingerprint density at radius 3 is 2.95 bits per heavy atom. The third-order valence-corrected chi connectivity index (χ3v) is 3.23. The SMILES string of the molecule is C=N/C(=C\C=C/C)c1ccc(OCc2nccs2)nc1. The van der Waals surface area contributed by atoms with Crippen LogP contribution in [0.5, 0.6) is 5.88 Å². The van der Waals surface area contributed by atoms with Crippen LogP contribution in [0, 0.1) is 0 Å². The van der Waals surface area contributed by atoms with E-state index < -0.39 is 0 Å². The van der Waals surface area contributed by atoms with Crippen molar-refractivity contribution < 1.29 is 4.74 Å². The van der Waals surface area contributed by atoms with E-state index in [0.29, 0.717) is 12.5 Å². The summed E-state index contributed by atoms with van der Waals surface area (Å²) in [5.74, 6) is 0.568. The summed E-state index contributed by atoms with van der Waals surface area (Å²) in [6, 6.07) is 3.73. The zero-order chi connectivity index (χ0) is 14.2. The van der Waals surface area contributed by atoms with Crippen LogP contribution in [0.1, 0.15) is 17.5 Å². The van der Waals surface area contributed by atoms with Gasteiger partial charge in [-0.2, -0.15) is 0 Å². The molecule has 0 saturated carbocycles. The number of pyridine rings is 1. The highest BCUT2D eigenvalue weighted by Crippen LogP contribution is 2.18. The zero-order valence-corrected chi connectivity index (χ0v) is 12.0. The highest BCUT2D eigenvalue weighted by atomic mass is 32.1. The van der Waals surface area contributed by atoms with E-state index in [-0.39, 0.29) is 0 Å². The third kappa shape index (κ3) is 3.86. The van der Waals surface area contributed by atoms with Crippen LogP contribution in [0.2, 0.25) is 0 Å². The van der Waals surface area contributed by atoms with Crippen LogP contribution in [-0.2, 0) is 6.61 Å². The summed E-state index contributed by atoms with van der Waals surface area (Å²) in [4.78, 5) is 12.4. The summed E-state index contributed by atoms with van der Waals surface area (Å²) in [5, 5.41) is 2.85. The molecule has 102 valence electrons. The Bertz CT molecular complexity index is 601. The quantitative estimate of drug-likeness (QED) is 0.600. The first kappa shape index (κ1) is 14.1. The molecular weight excluding hydrogens is 270 g/mol. The number of aliphatic imine (C=N–C) groups is 1. The fourth-order valence-corrected chi connectivity index (χ4v) is 2.03. The third-order valence-electron chi connectivity index (χ3n) is 2.48. The number of aromatic nitrogens is 2. The van der Waals surface area contributed by atoms with Gasteiger partial charge in [-0.1, -0.05) is 12.2 Å². The minimum atomic E-state index is 0.436. The van der Waals surface area contributed by atoms with Gasteiger partial charge in [0.15, 0.2) is 0 Å². The van der Waals surface area contributed by atoms with E-state index in [0.717, 1.165) is 16.3 Å². The van der Waals surface area contributed by atoms with Crippen molar-refractivity contribution >= 4 is 23.8 Å². The average Bonchev–Trinajstić information content (AvgIpc) is 3.00. The normalized spacial score (nSPS) is 11.8. The van der Waals surface area contributed by atoms with Crippen molar-refractivity contribution in [3.8, 4) is 5.88 Å². The molecule has 0 atom stereocenters. The van der Waals surface area contributed by atoms with Crippen LogP contribution in [-0.4, -0.2) is 16.7 Å². The summed E-state index contributed by atoms with van der Waals surface area (Å²) < 4.78 is 5.56. The zero-order valence-electron chi connectivity index (χ0n) is 11.2. The molecule has 2 heterocycles. The highest BCUT2D eigenvalue weighted by molar-refractivity contribution is 7.09. The van der Waals surface area contributed by atoms with E-state index in [2.05, 4.69) is 21.7 Å². The smallest absolute Gasteiger partial charge is 0.213 e. The first-order valence-corrected chi connectivity index (χ1v) is 6.98. The molecule has 0 saturated heterocycles. The number of hydrogen-bond acceptors (Lipinski definition) is 5. The second-order valence-electron chi connectivity index (χ2n) is 3.84. The Kier molecular flexibility index (Phi) is 5.20. The molecule has 2 rings (SSSR count). The lowest BCUT2D eigenvalue weighted by Gasteiger charge is -2.04. The second kappa shape index (κ2) is 7.35. The Hall–Kier alpha value is -2.27. The molecule has 0 spiro atoms. The molecular formula is C15H15N3OS. The maximum atomic E-state index is 5.56. The van der Waals surface area contributed by atoms with E-state index >= 15 is 0 Å². The van der Waals surface area contributed by atoms with Crippen LogP contribution < -0.4 is 4.74 Å². The molecule has 2 aromatic rings. The van der Waals surface area contributed by atoms with Crippen molar-refractivity contribution in [1.29, 1.82) is 0 Å². The molecule has 2 aromatic heterocycles. The van der Waals surface area contributed by atoms with E-state index in [4.69, 9.17) is 4.74 Å². The number of hydrogen-bond donors (Lipinski definition) is 0. The van der Waals surface area contributed by atoms with Crippen molar-refractivity contribution in [1.82, 2.24) is 9.97 Å². The number of nitrogens with zero attached hydrogens (tertiary/aromatic N) is 3. The second-order valence-corrected chi connectivity index (χ2v) is 4.81. The molecule has 0 N–H and O–H groups in total. The van der Waals surface area contributed by atoms with Gasteiger partial charge in [0.1, 0.15) is 11.6 Å². The van der Waals surface area contributed by atoms with Crippen molar-refractivity contribution in [3.63, 3.8) is 0 Å². The maximum Gasteiger partial charge on any atom is 0.213 e. The van der Waals surface area contributed by atoms with Gasteiger partial charge in [0.05, 0.1) is 5.70 Å². The number of allylic oxidation sites excluding steroid dienone is 3. The van der Waals surface area contributed by atoms with Gasteiger partial charge < -0.3 is 4.74 Å². The fourth-order valence-electron chi connectivity index (χ4n) is 1.50. The van der Waals surface area contributed by atoms with Crippen molar-refractivity contribution in [3.05, 3.63) is 58.7 Å². The summed E-state index contributed by atoms with van der Waals surface area (Å²) in [5.41, 5.74) is 1.68. The molecule has 0 aliphatic carbocycles. The Balaban J connectivity index is 2.03. The maximum absolute atomic E-state index is 5.56. The van der Waals surface area contributed by atoms with Gasteiger partial charge in [0.25, 0.3) is 0 Å². The molecule has 0 bridgehead atoms. The van der Waals surface area contributed by atoms with Crippen LogP contribution in [0.15, 0.2) is 53.1 Å². The van der Waals surface area contributed by atoms with Gasteiger partial charge in [0.2, 0.25) is 5.88 Å². The lowest BCUT2D eigenvalue weighted by molar-refractivity contribution is 0.293. The standard InChI is InChI=1S/C15H15N3OS/c1-3-4-5-13(16-2)12-6-7-14(18-10-12)19-11-15-17-8-9-20-15/h3-10H,2,11H2,1H3/b4-3-,13-5-. The van der Waals surface area contributed by atoms with Gasteiger partial charge in [0, 0.05) is 29.4 Å². The lowest BCUT2D eigenvalue weighted by Crippen LogP contribution is -1.96. The summed E-state index contributed by atoms with van der Waals surface area (Å²) >= 11 is 1.56. The van der Waals surface area contributed by atoms with Crippen LogP contribution in [0.3, 0.4) is 0 Å². The van der Waals surface area contributed by atoms with E-state index in [1.165, 1.54) is 0 Å². The summed E-state index contributed by atoms with van der Waals surface area (Å²) in [6.07, 6.45) is 9.22. The van der Waals surface area contributed by atoms with Crippen LogP contribution >= 0.6 is 11.3 Å². The minimum absolute atomic E-state index is 0.436. The van der Waals surface area contributed by atoms with Crippen molar-refractivity contribution in [2.75, 3.05) is 0 Å². The van der Waals surface area contributed by atoms with Gasteiger partial charge in [-0.15, -0.1) is 11.3 Å². The monoisotopic (exact) mass is 285 g/mol. The Labute approximate surface area is 122 Å². The molecule has 0 aliphatic heterocycles. The molecule has 0 fully saturated rings. The Morgan fingerprint density at radius 2 is 2.35 bits per heavy atom. The van der Waals surface area contributed by atoms with E-state index in [1.807, 2.05) is 42.7 Å². The number of thiazole rings is 1. The molecule has 0 amide bonds. The van der Waals surface area contributed by atoms with Crippen molar-refractivity contribution in [2.45, 2.75) is 13.5 Å². The predicted octanol–water partition coefficient (Wildman–Crippen LogP) is 3.73. The topological polar surface area (TPSA) is 47.4 Å². The summed E-state index contributed by atoms with van der Waals surface area (Å²) in [6.45, 7) is 5.95. The molecule has 0 aliphatic rings. The fraction of sp³-hybridized carbons (Fsp3) is 0.133. The van der Waals surface area contributed by atoms with Crippen molar-refractivity contribution in [2.24, 2.45) is 4.99 Å². The van der Waals surface area contributed by atoms with Gasteiger partial charge in [-0.05, 0) is 25.8 Å². The minimum Gasteiger partial charge on any atom is -0.470 e. The van der Waals surface area contributed by atoms with Gasteiger partial charge in [-0.3, -0.25) is 4.99 Å². The number of rotatable bonds is 6.